The third kappa shape index (κ3) is 2.52. The first-order valence-corrected chi connectivity index (χ1v) is 7.23. The van der Waals surface area contributed by atoms with Gasteiger partial charge in [-0.05, 0) is 60.7 Å². The molecule has 1 saturated carbocycles. The highest BCUT2D eigenvalue weighted by molar-refractivity contribution is 8.03. The molecule has 0 saturated heterocycles. The van der Waals surface area contributed by atoms with Gasteiger partial charge in [0.2, 0.25) is 5.91 Å². The predicted molar refractivity (Wildman–Crippen MR) is 75.4 cm³/mol. The van der Waals surface area contributed by atoms with E-state index in [2.05, 4.69) is 17.5 Å². The van der Waals surface area contributed by atoms with Gasteiger partial charge in [-0.2, -0.15) is 5.26 Å². The number of nitrogens with zero attached hydrogens (tertiary/aromatic N) is 1. The third-order valence-electron chi connectivity index (χ3n) is 3.90. The van der Waals surface area contributed by atoms with E-state index >= 15 is 0 Å². The molecule has 2 aliphatic carbocycles. The molecule has 3 nitrogen and oxygen atoms in total. The standard InChI is InChI=1S/C15H14N2OS/c16-9-19-13-5-3-12(4-6-13)17-15(18)14-8-10-1-2-11(14)7-10/h1-6,10-11,14H,7-8H2,(H,17,18). The van der Waals surface area contributed by atoms with E-state index in [-0.39, 0.29) is 11.8 Å². The van der Waals surface area contributed by atoms with Gasteiger partial charge in [0, 0.05) is 16.5 Å². The first-order chi connectivity index (χ1) is 9.26. The summed E-state index contributed by atoms with van der Waals surface area (Å²) in [4.78, 5) is 13.1. The van der Waals surface area contributed by atoms with Crippen LogP contribution in [0.15, 0.2) is 41.3 Å². The summed E-state index contributed by atoms with van der Waals surface area (Å²) in [6, 6.07) is 7.40. The van der Waals surface area contributed by atoms with E-state index < -0.39 is 0 Å². The van der Waals surface area contributed by atoms with Crippen LogP contribution in [-0.2, 0) is 4.79 Å². The van der Waals surface area contributed by atoms with Gasteiger partial charge in [-0.3, -0.25) is 4.79 Å². The highest BCUT2D eigenvalue weighted by Gasteiger charge is 2.39. The maximum atomic E-state index is 12.2. The molecule has 1 aromatic rings. The van der Waals surface area contributed by atoms with Crippen molar-refractivity contribution in [3.63, 3.8) is 0 Å². The molecule has 3 unspecified atom stereocenters. The zero-order chi connectivity index (χ0) is 13.2. The number of thioether (sulfide) groups is 1. The van der Waals surface area contributed by atoms with Crippen molar-refractivity contribution >= 4 is 23.4 Å². The number of fused-ring (bicyclic) bond motifs is 2. The van der Waals surface area contributed by atoms with Crippen LogP contribution in [0.5, 0.6) is 0 Å². The predicted octanol–water partition coefficient (Wildman–Crippen LogP) is 3.41. The number of hydrogen-bond acceptors (Lipinski definition) is 3. The number of benzene rings is 1. The molecule has 2 aliphatic rings. The number of carbonyl (C=O) groups is 1. The zero-order valence-corrected chi connectivity index (χ0v) is 11.2. The van der Waals surface area contributed by atoms with E-state index in [0.717, 1.165) is 35.2 Å². The number of carbonyl (C=O) groups excluding carboxylic acids is 1. The van der Waals surface area contributed by atoms with Crippen LogP contribution < -0.4 is 5.32 Å². The molecule has 4 heteroatoms. The number of anilines is 1. The first-order valence-electron chi connectivity index (χ1n) is 6.41. The average molecular weight is 270 g/mol. The summed E-state index contributed by atoms with van der Waals surface area (Å²) in [5.74, 6) is 1.29. The Morgan fingerprint density at radius 2 is 2.05 bits per heavy atom. The molecule has 0 aromatic heterocycles. The minimum absolute atomic E-state index is 0.123. The van der Waals surface area contributed by atoms with Crippen LogP contribution >= 0.6 is 11.8 Å². The Kier molecular flexibility index (Phi) is 3.31. The van der Waals surface area contributed by atoms with Crippen molar-refractivity contribution in [3.8, 4) is 5.40 Å². The molecule has 19 heavy (non-hydrogen) atoms. The molecule has 3 rings (SSSR count). The van der Waals surface area contributed by atoms with Crippen LogP contribution in [0.25, 0.3) is 0 Å². The number of allylic oxidation sites excluding steroid dienone is 2. The second kappa shape index (κ2) is 5.10. The molecule has 0 radical (unpaired) electrons. The van der Waals surface area contributed by atoms with Crippen LogP contribution in [0.1, 0.15) is 12.8 Å². The van der Waals surface area contributed by atoms with Crippen molar-refractivity contribution in [2.75, 3.05) is 5.32 Å². The number of nitrogens with one attached hydrogen (secondary N) is 1. The summed E-state index contributed by atoms with van der Waals surface area (Å²) in [6.45, 7) is 0. The maximum Gasteiger partial charge on any atom is 0.228 e. The van der Waals surface area contributed by atoms with E-state index in [9.17, 15) is 4.79 Å². The fourth-order valence-electron chi connectivity index (χ4n) is 2.98. The van der Waals surface area contributed by atoms with E-state index in [1.54, 1.807) is 0 Å². The minimum Gasteiger partial charge on any atom is -0.326 e. The number of hydrogen-bond donors (Lipinski definition) is 1. The van der Waals surface area contributed by atoms with Gasteiger partial charge in [0.25, 0.3) is 0 Å². The van der Waals surface area contributed by atoms with Gasteiger partial charge in [-0.15, -0.1) is 0 Å². The molecular weight excluding hydrogens is 256 g/mol. The molecular formula is C15H14N2OS. The SMILES string of the molecule is N#CSc1ccc(NC(=O)C2CC3C=CC2C3)cc1. The van der Waals surface area contributed by atoms with Crippen molar-refractivity contribution in [1.29, 1.82) is 5.26 Å². The van der Waals surface area contributed by atoms with Gasteiger partial charge in [0.1, 0.15) is 5.40 Å². The van der Waals surface area contributed by atoms with Gasteiger partial charge in [-0.1, -0.05) is 12.2 Å². The van der Waals surface area contributed by atoms with Gasteiger partial charge < -0.3 is 5.32 Å². The highest BCUT2D eigenvalue weighted by Crippen LogP contribution is 2.43. The van der Waals surface area contributed by atoms with E-state index in [1.807, 2.05) is 29.7 Å². The van der Waals surface area contributed by atoms with E-state index in [4.69, 9.17) is 5.26 Å². The van der Waals surface area contributed by atoms with Crippen LogP contribution in [0.3, 0.4) is 0 Å². The Morgan fingerprint density at radius 3 is 2.63 bits per heavy atom. The summed E-state index contributed by atoms with van der Waals surface area (Å²) in [5, 5.41) is 13.6. The number of thiocyanates is 1. The molecule has 0 spiro atoms. The van der Waals surface area contributed by atoms with Crippen molar-refractivity contribution in [2.45, 2.75) is 17.7 Å². The van der Waals surface area contributed by atoms with Crippen LogP contribution in [0, 0.1) is 28.4 Å². The maximum absolute atomic E-state index is 12.2. The fourth-order valence-corrected chi connectivity index (χ4v) is 3.35. The number of nitriles is 1. The summed E-state index contributed by atoms with van der Waals surface area (Å²) in [6.07, 6.45) is 6.54. The molecule has 0 aliphatic heterocycles. The quantitative estimate of drug-likeness (QED) is 0.520. The average Bonchev–Trinajstić information content (AvgIpc) is 3.04. The summed E-state index contributed by atoms with van der Waals surface area (Å²) < 4.78 is 0. The van der Waals surface area contributed by atoms with E-state index in [1.165, 1.54) is 0 Å². The topological polar surface area (TPSA) is 52.9 Å². The summed E-state index contributed by atoms with van der Waals surface area (Å²) in [7, 11) is 0. The van der Waals surface area contributed by atoms with Gasteiger partial charge in [0.15, 0.2) is 0 Å². The van der Waals surface area contributed by atoms with Crippen molar-refractivity contribution < 1.29 is 4.79 Å². The molecule has 3 atom stereocenters. The van der Waals surface area contributed by atoms with Gasteiger partial charge in [0.05, 0.1) is 0 Å². The number of amides is 1. The van der Waals surface area contributed by atoms with Crippen molar-refractivity contribution in [3.05, 3.63) is 36.4 Å². The lowest BCUT2D eigenvalue weighted by Crippen LogP contribution is -2.25. The molecule has 2 bridgehead atoms. The second-order valence-electron chi connectivity index (χ2n) is 5.09. The van der Waals surface area contributed by atoms with Crippen LogP contribution in [-0.4, -0.2) is 5.91 Å². The van der Waals surface area contributed by atoms with Gasteiger partial charge in [-0.25, -0.2) is 0 Å². The first kappa shape index (κ1) is 12.3. The lowest BCUT2D eigenvalue weighted by Gasteiger charge is -2.17. The molecule has 1 amide bonds. The fraction of sp³-hybridized carbons (Fsp3) is 0.333. The summed E-state index contributed by atoms with van der Waals surface area (Å²) in [5.41, 5.74) is 0.805. The molecule has 1 aromatic carbocycles. The molecule has 1 N–H and O–H groups in total. The Bertz CT molecular complexity index is 559. The summed E-state index contributed by atoms with van der Waals surface area (Å²) >= 11 is 1.12. The smallest absolute Gasteiger partial charge is 0.228 e. The minimum atomic E-state index is 0.123. The van der Waals surface area contributed by atoms with E-state index in [0.29, 0.717) is 11.8 Å². The Labute approximate surface area is 116 Å². The molecule has 96 valence electrons. The Hall–Kier alpha value is -1.73. The van der Waals surface area contributed by atoms with Crippen LogP contribution in [0.4, 0.5) is 5.69 Å². The van der Waals surface area contributed by atoms with Gasteiger partial charge >= 0.3 is 0 Å². The lowest BCUT2D eigenvalue weighted by atomic mass is 9.93. The second-order valence-corrected chi connectivity index (χ2v) is 5.95. The highest BCUT2D eigenvalue weighted by atomic mass is 32.2. The van der Waals surface area contributed by atoms with Crippen molar-refractivity contribution in [1.82, 2.24) is 0 Å². The van der Waals surface area contributed by atoms with Crippen molar-refractivity contribution in [2.24, 2.45) is 17.8 Å². The number of rotatable bonds is 3. The molecule has 0 heterocycles. The largest absolute Gasteiger partial charge is 0.326 e. The monoisotopic (exact) mass is 270 g/mol. The third-order valence-corrected chi connectivity index (χ3v) is 4.50. The lowest BCUT2D eigenvalue weighted by molar-refractivity contribution is -0.120. The Morgan fingerprint density at radius 1 is 1.26 bits per heavy atom. The normalized spacial score (nSPS) is 27.2. The zero-order valence-electron chi connectivity index (χ0n) is 10.4. The molecule has 1 fully saturated rings. The Balaban J connectivity index is 1.63. The van der Waals surface area contributed by atoms with Crippen LogP contribution in [0.2, 0.25) is 0 Å².